The number of hydrogen-bond donors (Lipinski definition) is 1. The van der Waals surface area contributed by atoms with Gasteiger partial charge in [0, 0.05) is 23.7 Å². The van der Waals surface area contributed by atoms with Crippen LogP contribution in [0.3, 0.4) is 0 Å². The maximum atomic E-state index is 12.1. The van der Waals surface area contributed by atoms with Gasteiger partial charge in [-0.05, 0) is 44.6 Å². The maximum absolute atomic E-state index is 12.1. The van der Waals surface area contributed by atoms with E-state index in [-0.39, 0.29) is 12.0 Å². The molecule has 1 amide bonds. The molecule has 1 aliphatic heterocycles. The van der Waals surface area contributed by atoms with Crippen molar-refractivity contribution in [1.29, 1.82) is 0 Å². The number of nitrogens with one attached hydrogen (secondary N) is 1. The quantitative estimate of drug-likeness (QED) is 0.716. The van der Waals surface area contributed by atoms with Gasteiger partial charge in [0.05, 0.1) is 24.1 Å². The van der Waals surface area contributed by atoms with E-state index in [2.05, 4.69) is 33.2 Å². The number of thiophene rings is 1. The Kier molecular flexibility index (Phi) is 6.56. The van der Waals surface area contributed by atoms with Gasteiger partial charge in [-0.15, -0.1) is 11.3 Å². The van der Waals surface area contributed by atoms with E-state index >= 15 is 0 Å². The molecule has 25 heavy (non-hydrogen) atoms. The molecule has 0 bridgehead atoms. The van der Waals surface area contributed by atoms with E-state index in [0.717, 1.165) is 49.0 Å². The average molecular weight is 380 g/mol. The van der Waals surface area contributed by atoms with Gasteiger partial charge < -0.3 is 14.6 Å². The first kappa shape index (κ1) is 18.5. The van der Waals surface area contributed by atoms with Crippen molar-refractivity contribution in [2.24, 2.45) is 0 Å². The Morgan fingerprint density at radius 1 is 1.52 bits per heavy atom. The first-order chi connectivity index (χ1) is 12.1. The molecule has 7 heteroatoms. The fraction of sp³-hybridized carbons (Fsp3) is 0.556. The second kappa shape index (κ2) is 8.87. The molecule has 0 unspecified atom stereocenters. The molecule has 1 N–H and O–H groups in total. The van der Waals surface area contributed by atoms with Gasteiger partial charge in [-0.3, -0.25) is 4.79 Å². The van der Waals surface area contributed by atoms with E-state index in [1.54, 1.807) is 11.3 Å². The summed E-state index contributed by atoms with van der Waals surface area (Å²) in [6.45, 7) is 6.47. The summed E-state index contributed by atoms with van der Waals surface area (Å²) in [4.78, 5) is 18.0. The van der Waals surface area contributed by atoms with Crippen LogP contribution in [0.15, 0.2) is 22.7 Å². The number of hydrogen-bond acceptors (Lipinski definition) is 5. The van der Waals surface area contributed by atoms with Crippen LogP contribution < -0.4 is 5.32 Å². The molecule has 1 aliphatic rings. The molecule has 1 saturated heterocycles. The Bertz CT molecular complexity index is 691. The van der Waals surface area contributed by atoms with Crippen LogP contribution in [0.25, 0.3) is 0 Å². The molecule has 3 heterocycles. The minimum Gasteiger partial charge on any atom is -0.376 e. The summed E-state index contributed by atoms with van der Waals surface area (Å²) in [5.74, 6) is 0.454. The molecule has 0 aliphatic carbocycles. The van der Waals surface area contributed by atoms with Crippen molar-refractivity contribution in [2.45, 2.75) is 50.9 Å². The fourth-order valence-electron chi connectivity index (χ4n) is 2.90. The van der Waals surface area contributed by atoms with Crippen LogP contribution in [-0.2, 0) is 22.5 Å². The van der Waals surface area contributed by atoms with Gasteiger partial charge in [0.1, 0.15) is 0 Å². The van der Waals surface area contributed by atoms with Gasteiger partial charge in [-0.1, -0.05) is 17.8 Å². The lowest BCUT2D eigenvalue weighted by molar-refractivity contribution is -0.118. The van der Waals surface area contributed by atoms with E-state index < -0.39 is 0 Å². The van der Waals surface area contributed by atoms with Crippen LogP contribution in [0.5, 0.6) is 0 Å². The van der Waals surface area contributed by atoms with E-state index in [1.165, 1.54) is 16.6 Å². The summed E-state index contributed by atoms with van der Waals surface area (Å²) >= 11 is 3.23. The van der Waals surface area contributed by atoms with Crippen LogP contribution in [0.4, 0.5) is 0 Å². The number of imidazole rings is 1. The van der Waals surface area contributed by atoms with Gasteiger partial charge in [-0.25, -0.2) is 4.98 Å². The molecule has 0 spiro atoms. The van der Waals surface area contributed by atoms with Crippen molar-refractivity contribution in [3.05, 3.63) is 33.8 Å². The smallest absolute Gasteiger partial charge is 0.230 e. The van der Waals surface area contributed by atoms with E-state index in [0.29, 0.717) is 12.3 Å². The van der Waals surface area contributed by atoms with Crippen molar-refractivity contribution in [2.75, 3.05) is 18.9 Å². The number of aryl methyl sites for hydroxylation is 1. The van der Waals surface area contributed by atoms with Crippen molar-refractivity contribution < 1.29 is 9.53 Å². The second-order valence-electron chi connectivity index (χ2n) is 6.28. The van der Waals surface area contributed by atoms with Gasteiger partial charge >= 0.3 is 0 Å². The fourth-order valence-corrected chi connectivity index (χ4v) is 4.54. The zero-order valence-corrected chi connectivity index (χ0v) is 16.4. The number of amides is 1. The summed E-state index contributed by atoms with van der Waals surface area (Å²) in [5.41, 5.74) is 2.19. The number of carbonyl (C=O) groups excluding carboxylic acids is 1. The lowest BCUT2D eigenvalue weighted by Crippen LogP contribution is -2.27. The highest BCUT2D eigenvalue weighted by molar-refractivity contribution is 7.99. The normalized spacial score (nSPS) is 17.1. The van der Waals surface area contributed by atoms with Crippen molar-refractivity contribution in [3.63, 3.8) is 0 Å². The Balaban J connectivity index is 1.49. The van der Waals surface area contributed by atoms with E-state index in [9.17, 15) is 4.79 Å². The second-order valence-corrected chi connectivity index (χ2v) is 8.25. The molecule has 136 valence electrons. The molecule has 0 aromatic carbocycles. The first-order valence-corrected chi connectivity index (χ1v) is 10.6. The highest BCUT2D eigenvalue weighted by Crippen LogP contribution is 2.24. The Hall–Kier alpha value is -1.31. The Labute approximate surface area is 157 Å². The third kappa shape index (κ3) is 5.09. The zero-order chi connectivity index (χ0) is 17.6. The number of rotatable bonds is 8. The largest absolute Gasteiger partial charge is 0.376 e. The van der Waals surface area contributed by atoms with Crippen molar-refractivity contribution in [1.82, 2.24) is 14.9 Å². The number of nitrogens with zero attached hydrogens (tertiary/aromatic N) is 2. The molecule has 0 radical (unpaired) electrons. The third-order valence-electron chi connectivity index (χ3n) is 4.44. The maximum Gasteiger partial charge on any atom is 0.230 e. The minimum atomic E-state index is 0.0588. The summed E-state index contributed by atoms with van der Waals surface area (Å²) in [6, 6.07) is 4.13. The summed E-state index contributed by atoms with van der Waals surface area (Å²) in [6.07, 6.45) is 3.39. The van der Waals surface area contributed by atoms with Gasteiger partial charge in [0.25, 0.3) is 0 Å². The van der Waals surface area contributed by atoms with Crippen LogP contribution in [-0.4, -0.2) is 40.5 Å². The number of aromatic nitrogens is 2. The van der Waals surface area contributed by atoms with Crippen LogP contribution >= 0.6 is 23.1 Å². The number of thioether (sulfide) groups is 1. The molecule has 5 nitrogen and oxygen atoms in total. The SMILES string of the molecule is Cc1nc(SCC(=O)NCCc2cccs2)n(C[C@H]2CCCO2)c1C. The van der Waals surface area contributed by atoms with Crippen LogP contribution in [0, 0.1) is 13.8 Å². The summed E-state index contributed by atoms with van der Waals surface area (Å²) in [7, 11) is 0. The summed E-state index contributed by atoms with van der Waals surface area (Å²) in [5, 5.41) is 5.97. The van der Waals surface area contributed by atoms with Crippen molar-refractivity contribution in [3.8, 4) is 0 Å². The molecule has 3 rings (SSSR count). The molecule has 1 fully saturated rings. The zero-order valence-electron chi connectivity index (χ0n) is 14.8. The third-order valence-corrected chi connectivity index (χ3v) is 6.35. The van der Waals surface area contributed by atoms with Gasteiger partial charge in [-0.2, -0.15) is 0 Å². The van der Waals surface area contributed by atoms with E-state index in [4.69, 9.17) is 4.74 Å². The predicted octanol–water partition coefficient (Wildman–Crippen LogP) is 3.19. The van der Waals surface area contributed by atoms with Crippen LogP contribution in [0.1, 0.15) is 29.1 Å². The Morgan fingerprint density at radius 3 is 3.12 bits per heavy atom. The molecule has 1 atom stereocenters. The minimum absolute atomic E-state index is 0.0588. The molecule has 2 aromatic heterocycles. The molecule has 0 saturated carbocycles. The monoisotopic (exact) mass is 379 g/mol. The molecular weight excluding hydrogens is 354 g/mol. The Morgan fingerprint density at radius 2 is 2.40 bits per heavy atom. The summed E-state index contributed by atoms with van der Waals surface area (Å²) < 4.78 is 7.96. The topological polar surface area (TPSA) is 56.2 Å². The van der Waals surface area contributed by atoms with Crippen molar-refractivity contribution >= 4 is 29.0 Å². The van der Waals surface area contributed by atoms with Gasteiger partial charge in [0.2, 0.25) is 5.91 Å². The van der Waals surface area contributed by atoms with E-state index in [1.807, 2.05) is 13.0 Å². The van der Waals surface area contributed by atoms with Crippen LogP contribution in [0.2, 0.25) is 0 Å². The lowest BCUT2D eigenvalue weighted by atomic mass is 10.2. The number of carbonyl (C=O) groups is 1. The number of ether oxygens (including phenoxy) is 1. The predicted molar refractivity (Wildman–Crippen MR) is 102 cm³/mol. The highest BCUT2D eigenvalue weighted by Gasteiger charge is 2.20. The van der Waals surface area contributed by atoms with Gasteiger partial charge in [0.15, 0.2) is 5.16 Å². The standard InChI is InChI=1S/C18H25N3O2S2/c1-13-14(2)21(11-15-5-3-9-23-15)18(20-13)25-12-17(22)19-8-7-16-6-4-10-24-16/h4,6,10,15H,3,5,7-9,11-12H2,1-2H3,(H,19,22)/t15-/m1/s1. The first-order valence-electron chi connectivity index (χ1n) is 8.70. The average Bonchev–Trinajstić information content (AvgIpc) is 3.33. The molecular formula is C18H25N3O2S2. The highest BCUT2D eigenvalue weighted by atomic mass is 32.2. The lowest BCUT2D eigenvalue weighted by Gasteiger charge is -2.14. The molecule has 2 aromatic rings.